The number of rotatable bonds is 6. The van der Waals surface area contributed by atoms with Crippen molar-refractivity contribution in [2.75, 3.05) is 13.2 Å². The summed E-state index contributed by atoms with van der Waals surface area (Å²) in [5, 5.41) is 6.80. The van der Waals surface area contributed by atoms with E-state index in [-0.39, 0.29) is 12.5 Å². The first-order chi connectivity index (χ1) is 13.4. The Morgan fingerprint density at radius 2 is 2.14 bits per heavy atom. The van der Waals surface area contributed by atoms with Crippen LogP contribution < -0.4 is 10.7 Å². The van der Waals surface area contributed by atoms with Gasteiger partial charge in [-0.15, -0.1) is 0 Å². The van der Waals surface area contributed by atoms with E-state index in [0.717, 1.165) is 5.56 Å². The fraction of sp³-hybridized carbons (Fsp3) is 0.300. The predicted molar refractivity (Wildman–Crippen MR) is 109 cm³/mol. The minimum Gasteiger partial charge on any atom is -0.463 e. The van der Waals surface area contributed by atoms with Crippen molar-refractivity contribution >= 4 is 29.7 Å². The molecule has 148 valence electrons. The van der Waals surface area contributed by atoms with Crippen molar-refractivity contribution in [2.24, 2.45) is 10.1 Å². The first kappa shape index (κ1) is 20.9. The third kappa shape index (κ3) is 5.06. The predicted octanol–water partition coefficient (Wildman–Crippen LogP) is 2.60. The number of benzene rings is 1. The van der Waals surface area contributed by atoms with Crippen molar-refractivity contribution in [1.82, 2.24) is 15.6 Å². The van der Waals surface area contributed by atoms with Gasteiger partial charge in [-0.1, -0.05) is 12.6 Å². The van der Waals surface area contributed by atoms with E-state index in [4.69, 9.17) is 4.74 Å². The molecule has 0 bridgehead atoms. The van der Waals surface area contributed by atoms with Crippen LogP contribution in [0.15, 0.2) is 52.3 Å². The van der Waals surface area contributed by atoms with Gasteiger partial charge < -0.3 is 10.1 Å². The molecule has 0 saturated carbocycles. The molecule has 28 heavy (non-hydrogen) atoms. The highest BCUT2D eigenvalue weighted by atomic mass is 16.5. The van der Waals surface area contributed by atoms with Gasteiger partial charge in [0.1, 0.15) is 0 Å². The van der Waals surface area contributed by atoms with Gasteiger partial charge in [0.25, 0.3) is 5.91 Å². The average molecular weight is 383 g/mol. The second kappa shape index (κ2) is 9.50. The van der Waals surface area contributed by atoms with Gasteiger partial charge in [-0.3, -0.25) is 9.69 Å². The number of allylic oxidation sites excluding steroid dienone is 2. The highest BCUT2D eigenvalue weighted by Crippen LogP contribution is 2.23. The lowest BCUT2D eigenvalue weighted by Gasteiger charge is -2.29. The van der Waals surface area contributed by atoms with Crippen LogP contribution in [0.25, 0.3) is 0 Å². The van der Waals surface area contributed by atoms with Crippen LogP contribution in [0.5, 0.6) is 0 Å². The topological polar surface area (TPSA) is 95.4 Å². The molecule has 2 N–H and O–H groups in total. The van der Waals surface area contributed by atoms with Crippen molar-refractivity contribution in [3.63, 3.8) is 0 Å². The summed E-state index contributed by atoms with van der Waals surface area (Å²) in [6.45, 7) is 12.0. The number of hydrogen-bond acceptors (Lipinski definition) is 5. The van der Waals surface area contributed by atoms with E-state index in [1.54, 1.807) is 30.9 Å². The Kier molecular flexibility index (Phi) is 7.08. The molecule has 0 saturated heterocycles. The van der Waals surface area contributed by atoms with Crippen molar-refractivity contribution in [1.29, 1.82) is 0 Å². The number of nitrogens with zero attached hydrogens (tertiary/aromatic N) is 3. The Hall–Kier alpha value is -3.42. The SMILES string of the molecule is C=C1C=NNC(=Nc2cc(C(=O)NCC)ccc2C)N1/C(C)=C/C(=O)OCC. The van der Waals surface area contributed by atoms with E-state index in [1.165, 1.54) is 12.3 Å². The molecule has 0 aromatic heterocycles. The van der Waals surface area contributed by atoms with Gasteiger partial charge in [0.15, 0.2) is 0 Å². The Bertz CT molecular complexity index is 871. The van der Waals surface area contributed by atoms with E-state index in [2.05, 4.69) is 27.4 Å². The van der Waals surface area contributed by atoms with Gasteiger partial charge in [0, 0.05) is 23.9 Å². The van der Waals surface area contributed by atoms with Gasteiger partial charge in [0.05, 0.1) is 24.2 Å². The van der Waals surface area contributed by atoms with E-state index < -0.39 is 5.97 Å². The van der Waals surface area contributed by atoms with Crippen LogP contribution in [0, 0.1) is 6.92 Å². The quantitative estimate of drug-likeness (QED) is 0.582. The molecule has 1 aromatic rings. The van der Waals surface area contributed by atoms with Gasteiger partial charge >= 0.3 is 5.97 Å². The maximum Gasteiger partial charge on any atom is 0.332 e. The summed E-state index contributed by atoms with van der Waals surface area (Å²) in [6, 6.07) is 5.29. The molecule has 8 heteroatoms. The highest BCUT2D eigenvalue weighted by Gasteiger charge is 2.21. The van der Waals surface area contributed by atoms with Crippen LogP contribution in [-0.2, 0) is 9.53 Å². The summed E-state index contributed by atoms with van der Waals surface area (Å²) in [7, 11) is 0. The molecule has 1 aromatic carbocycles. The maximum atomic E-state index is 12.1. The van der Waals surface area contributed by atoms with Crippen LogP contribution in [0.2, 0.25) is 0 Å². The second-order valence-electron chi connectivity index (χ2n) is 6.03. The first-order valence-electron chi connectivity index (χ1n) is 8.98. The number of ether oxygens (including phenoxy) is 1. The van der Waals surface area contributed by atoms with Crippen LogP contribution in [0.3, 0.4) is 0 Å². The number of amides is 1. The summed E-state index contributed by atoms with van der Waals surface area (Å²) in [6.07, 6.45) is 2.89. The average Bonchev–Trinajstić information content (AvgIpc) is 2.63. The minimum atomic E-state index is -0.455. The Labute approximate surface area is 164 Å². The van der Waals surface area contributed by atoms with Gasteiger partial charge in [-0.25, -0.2) is 15.2 Å². The van der Waals surface area contributed by atoms with Crippen LogP contribution in [0.1, 0.15) is 36.7 Å². The number of carbonyl (C=O) groups excluding carboxylic acids is 2. The van der Waals surface area contributed by atoms with Gasteiger partial charge in [-0.2, -0.15) is 5.10 Å². The molecule has 0 aliphatic carbocycles. The molecule has 0 fully saturated rings. The molecule has 2 rings (SSSR count). The van der Waals surface area contributed by atoms with Crippen molar-refractivity contribution < 1.29 is 14.3 Å². The number of hydrazone groups is 1. The zero-order valence-electron chi connectivity index (χ0n) is 16.6. The third-order valence-electron chi connectivity index (χ3n) is 3.88. The van der Waals surface area contributed by atoms with E-state index in [1.807, 2.05) is 19.9 Å². The van der Waals surface area contributed by atoms with Crippen LogP contribution >= 0.6 is 0 Å². The Balaban J connectivity index is 2.43. The van der Waals surface area contributed by atoms with E-state index >= 15 is 0 Å². The molecule has 1 heterocycles. The molecule has 1 aliphatic rings. The summed E-state index contributed by atoms with van der Waals surface area (Å²) >= 11 is 0. The minimum absolute atomic E-state index is 0.168. The summed E-state index contributed by atoms with van der Waals surface area (Å²) in [5.74, 6) is -0.260. The number of aryl methyl sites for hydroxylation is 1. The zero-order chi connectivity index (χ0) is 20.7. The van der Waals surface area contributed by atoms with Crippen molar-refractivity contribution in [3.05, 3.63) is 53.4 Å². The molecule has 0 radical (unpaired) electrons. The number of nitrogens with one attached hydrogen (secondary N) is 2. The number of hydrogen-bond donors (Lipinski definition) is 2. The molecular formula is C20H25N5O3. The third-order valence-corrected chi connectivity index (χ3v) is 3.88. The lowest BCUT2D eigenvalue weighted by atomic mass is 10.1. The summed E-state index contributed by atoms with van der Waals surface area (Å²) in [5.41, 5.74) is 5.92. The Morgan fingerprint density at radius 3 is 2.82 bits per heavy atom. The largest absolute Gasteiger partial charge is 0.463 e. The number of esters is 1. The monoisotopic (exact) mass is 383 g/mol. The lowest BCUT2D eigenvalue weighted by molar-refractivity contribution is -0.137. The molecular weight excluding hydrogens is 358 g/mol. The van der Waals surface area contributed by atoms with Crippen LogP contribution in [-0.4, -0.2) is 42.1 Å². The lowest BCUT2D eigenvalue weighted by Crippen LogP contribution is -2.41. The molecule has 1 aliphatic heterocycles. The number of guanidine groups is 1. The molecule has 0 atom stereocenters. The zero-order valence-corrected chi connectivity index (χ0v) is 16.6. The number of aliphatic imine (C=N–C) groups is 1. The number of carbonyl (C=O) groups is 2. The van der Waals surface area contributed by atoms with Crippen LogP contribution in [0.4, 0.5) is 5.69 Å². The van der Waals surface area contributed by atoms with Crippen molar-refractivity contribution in [3.8, 4) is 0 Å². The van der Waals surface area contributed by atoms with E-state index in [9.17, 15) is 9.59 Å². The maximum absolute atomic E-state index is 12.1. The second-order valence-corrected chi connectivity index (χ2v) is 6.03. The summed E-state index contributed by atoms with van der Waals surface area (Å²) < 4.78 is 4.97. The van der Waals surface area contributed by atoms with E-state index in [0.29, 0.717) is 35.1 Å². The molecule has 0 unspecified atom stereocenters. The van der Waals surface area contributed by atoms with Gasteiger partial charge in [-0.05, 0) is 45.4 Å². The normalized spacial score (nSPS) is 15.4. The fourth-order valence-electron chi connectivity index (χ4n) is 2.54. The molecule has 8 nitrogen and oxygen atoms in total. The molecule has 1 amide bonds. The van der Waals surface area contributed by atoms with Crippen molar-refractivity contribution in [2.45, 2.75) is 27.7 Å². The fourth-order valence-corrected chi connectivity index (χ4v) is 2.54. The standard InChI is InChI=1S/C20H25N5O3/c1-6-21-19(27)16-9-8-13(3)17(11-16)23-20-24-22-12-15(5)25(20)14(4)10-18(26)28-7-2/h8-12H,5-7H2,1-4H3,(H,21,27)(H,23,24)/b14-10+. The highest BCUT2D eigenvalue weighted by molar-refractivity contribution is 5.98. The summed E-state index contributed by atoms with van der Waals surface area (Å²) in [4.78, 5) is 30.2. The smallest absolute Gasteiger partial charge is 0.332 e. The molecule has 0 spiro atoms. The first-order valence-corrected chi connectivity index (χ1v) is 8.98. The Morgan fingerprint density at radius 1 is 1.39 bits per heavy atom. The van der Waals surface area contributed by atoms with Gasteiger partial charge in [0.2, 0.25) is 5.96 Å².